The van der Waals surface area contributed by atoms with Gasteiger partial charge in [-0.1, -0.05) is 59.5 Å². The SMILES string of the molecule is CCCNC(=O)c1cc(Oc2cc(C)c(O)cc2NC(=O)COc2ccc(C)cc2C)c(O)c(O)c1Sc1nnc(SC(C)C(=O)OC)s1. The fourth-order valence-electron chi connectivity index (χ4n) is 4.30. The van der Waals surface area contributed by atoms with Crippen LogP contribution < -0.4 is 20.1 Å². The van der Waals surface area contributed by atoms with Crippen LogP contribution in [-0.4, -0.2) is 68.8 Å². The number of nitrogens with zero attached hydrogens (tertiary/aromatic N) is 2. The van der Waals surface area contributed by atoms with Crippen molar-refractivity contribution in [3.8, 4) is 34.5 Å². The van der Waals surface area contributed by atoms with Gasteiger partial charge in [-0.3, -0.25) is 14.4 Å². The van der Waals surface area contributed by atoms with Crippen molar-refractivity contribution in [1.29, 1.82) is 0 Å². The number of nitrogens with one attached hydrogen (secondary N) is 2. The monoisotopic (exact) mass is 728 g/mol. The first kappa shape index (κ1) is 37.2. The lowest BCUT2D eigenvalue weighted by Gasteiger charge is -2.18. The van der Waals surface area contributed by atoms with E-state index in [0.29, 0.717) is 33.0 Å². The van der Waals surface area contributed by atoms with E-state index in [4.69, 9.17) is 14.2 Å². The predicted octanol–water partition coefficient (Wildman–Crippen LogP) is 6.33. The summed E-state index contributed by atoms with van der Waals surface area (Å²) >= 11 is 3.17. The summed E-state index contributed by atoms with van der Waals surface area (Å²) in [7, 11) is 1.29. The van der Waals surface area contributed by atoms with Gasteiger partial charge in [0.25, 0.3) is 11.8 Å². The largest absolute Gasteiger partial charge is 0.508 e. The molecule has 0 radical (unpaired) electrons. The molecule has 0 bridgehead atoms. The molecule has 13 nitrogen and oxygen atoms in total. The Hall–Kier alpha value is -4.67. The average Bonchev–Trinajstić information content (AvgIpc) is 3.51. The quantitative estimate of drug-likeness (QED) is 0.0550. The van der Waals surface area contributed by atoms with Gasteiger partial charge in [0.1, 0.15) is 16.7 Å². The van der Waals surface area contributed by atoms with Crippen LogP contribution >= 0.6 is 34.9 Å². The van der Waals surface area contributed by atoms with E-state index in [9.17, 15) is 29.7 Å². The highest BCUT2D eigenvalue weighted by Gasteiger charge is 2.26. The van der Waals surface area contributed by atoms with Crippen molar-refractivity contribution >= 4 is 58.3 Å². The van der Waals surface area contributed by atoms with Crippen LogP contribution in [0.25, 0.3) is 0 Å². The molecule has 1 atom stereocenters. The van der Waals surface area contributed by atoms with E-state index in [1.165, 1.54) is 25.3 Å². The Balaban J connectivity index is 1.63. The van der Waals surface area contributed by atoms with Crippen molar-refractivity contribution in [2.75, 3.05) is 25.6 Å². The minimum atomic E-state index is -0.686. The molecule has 1 heterocycles. The molecule has 4 rings (SSSR count). The van der Waals surface area contributed by atoms with E-state index in [1.807, 2.05) is 32.9 Å². The highest BCUT2D eigenvalue weighted by atomic mass is 32.2. The third-order valence-corrected chi connectivity index (χ3v) is 10.1. The number of aromatic nitrogens is 2. The van der Waals surface area contributed by atoms with Crippen LogP contribution in [0.4, 0.5) is 5.69 Å². The first-order chi connectivity index (χ1) is 23.3. The van der Waals surface area contributed by atoms with Crippen LogP contribution in [0.3, 0.4) is 0 Å². The topological polar surface area (TPSA) is 189 Å². The molecule has 4 aromatic rings. The highest BCUT2D eigenvalue weighted by molar-refractivity contribution is 8.04. The number of aryl methyl sites for hydroxylation is 3. The molecule has 2 amide bonds. The first-order valence-corrected chi connectivity index (χ1v) is 17.5. The second-order valence-electron chi connectivity index (χ2n) is 10.8. The van der Waals surface area contributed by atoms with E-state index < -0.39 is 34.5 Å². The lowest BCUT2D eigenvalue weighted by molar-refractivity contribution is -0.139. The molecule has 0 aliphatic heterocycles. The zero-order valence-electron chi connectivity index (χ0n) is 27.6. The molecule has 1 unspecified atom stereocenters. The molecule has 0 saturated carbocycles. The third-order valence-electron chi connectivity index (χ3n) is 6.84. The summed E-state index contributed by atoms with van der Waals surface area (Å²) in [5.41, 5.74) is 2.32. The van der Waals surface area contributed by atoms with Crippen LogP contribution in [0.2, 0.25) is 0 Å². The smallest absolute Gasteiger partial charge is 0.318 e. The number of hydrogen-bond acceptors (Lipinski definition) is 14. The van der Waals surface area contributed by atoms with E-state index >= 15 is 0 Å². The van der Waals surface area contributed by atoms with Crippen LogP contribution in [0.1, 0.15) is 47.3 Å². The number of esters is 1. The summed E-state index contributed by atoms with van der Waals surface area (Å²) in [6, 6.07) is 9.53. The van der Waals surface area contributed by atoms with Crippen molar-refractivity contribution in [2.45, 2.75) is 59.9 Å². The van der Waals surface area contributed by atoms with Crippen LogP contribution in [0, 0.1) is 20.8 Å². The summed E-state index contributed by atoms with van der Waals surface area (Å²) < 4.78 is 17.2. The number of methoxy groups -OCH3 is 1. The number of rotatable bonds is 14. The van der Waals surface area contributed by atoms with Gasteiger partial charge in [-0.2, -0.15) is 0 Å². The molecule has 0 fully saturated rings. The van der Waals surface area contributed by atoms with E-state index in [-0.39, 0.29) is 40.0 Å². The number of ether oxygens (including phenoxy) is 3. The van der Waals surface area contributed by atoms with Gasteiger partial charge >= 0.3 is 5.97 Å². The zero-order chi connectivity index (χ0) is 35.8. The van der Waals surface area contributed by atoms with Gasteiger partial charge in [-0.05, 0) is 63.4 Å². The number of aromatic hydroxyl groups is 3. The normalized spacial score (nSPS) is 11.5. The number of carbonyl (C=O) groups excluding carboxylic acids is 3. The Kier molecular flexibility index (Phi) is 12.6. The van der Waals surface area contributed by atoms with Gasteiger partial charge in [0.15, 0.2) is 32.5 Å². The molecule has 0 spiro atoms. The van der Waals surface area contributed by atoms with E-state index in [0.717, 1.165) is 46.0 Å². The molecule has 260 valence electrons. The van der Waals surface area contributed by atoms with Crippen molar-refractivity contribution in [3.63, 3.8) is 0 Å². The average molecular weight is 729 g/mol. The maximum Gasteiger partial charge on any atom is 0.318 e. The number of anilines is 1. The Bertz CT molecular complexity index is 1870. The minimum absolute atomic E-state index is 0.00821. The number of phenolic OH excluding ortho intramolecular Hbond substituents is 3. The fraction of sp³-hybridized carbons (Fsp3) is 0.303. The molecule has 1 aromatic heterocycles. The van der Waals surface area contributed by atoms with E-state index in [2.05, 4.69) is 20.8 Å². The van der Waals surface area contributed by atoms with Gasteiger partial charge in [0.2, 0.25) is 5.75 Å². The molecular formula is C33H36N4O9S3. The zero-order valence-corrected chi connectivity index (χ0v) is 30.0. The Labute approximate surface area is 295 Å². The fourth-order valence-corrected chi connectivity index (χ4v) is 7.58. The summed E-state index contributed by atoms with van der Waals surface area (Å²) in [5.74, 6) is -2.76. The maximum atomic E-state index is 13.3. The van der Waals surface area contributed by atoms with Gasteiger partial charge in [0.05, 0.1) is 23.3 Å². The molecule has 5 N–H and O–H groups in total. The van der Waals surface area contributed by atoms with Gasteiger partial charge in [-0.15, -0.1) is 10.2 Å². The highest BCUT2D eigenvalue weighted by Crippen LogP contribution is 2.50. The second-order valence-corrected chi connectivity index (χ2v) is 14.6. The van der Waals surface area contributed by atoms with Crippen molar-refractivity contribution in [2.24, 2.45) is 0 Å². The van der Waals surface area contributed by atoms with Crippen molar-refractivity contribution < 1.29 is 43.9 Å². The summed E-state index contributed by atoms with van der Waals surface area (Å²) in [4.78, 5) is 38.0. The van der Waals surface area contributed by atoms with Gasteiger partial charge in [0, 0.05) is 12.6 Å². The lowest BCUT2D eigenvalue weighted by atomic mass is 10.1. The molecule has 16 heteroatoms. The maximum absolute atomic E-state index is 13.3. The molecule has 3 aromatic carbocycles. The van der Waals surface area contributed by atoms with Crippen molar-refractivity contribution in [3.05, 3.63) is 58.7 Å². The van der Waals surface area contributed by atoms with Crippen LogP contribution in [-0.2, 0) is 14.3 Å². The molecule has 49 heavy (non-hydrogen) atoms. The molecular weight excluding hydrogens is 693 g/mol. The number of hydrogen-bond donors (Lipinski definition) is 5. The van der Waals surface area contributed by atoms with Crippen LogP contribution in [0.15, 0.2) is 50.0 Å². The lowest BCUT2D eigenvalue weighted by Crippen LogP contribution is -2.24. The molecule has 0 saturated heterocycles. The van der Waals surface area contributed by atoms with Crippen LogP contribution in [0.5, 0.6) is 34.5 Å². The summed E-state index contributed by atoms with van der Waals surface area (Å²) in [5, 5.41) is 45.8. The molecule has 0 aliphatic carbocycles. The van der Waals surface area contributed by atoms with E-state index in [1.54, 1.807) is 19.9 Å². The number of phenols is 3. The standard InChI is InChI=1S/C33H36N4O9S3/c1-7-10-34-30(42)20-13-25(27(40)28(41)29(20)48-33-37-36-32(49-33)47-19(5)31(43)44-6)46-24-12-17(3)22(38)14-21(24)35-26(39)15-45-23-9-8-16(2)11-18(23)4/h8-9,11-14,19,38,40-41H,7,10,15H2,1-6H3,(H,34,42)(H,35,39). The third kappa shape index (κ3) is 9.49. The number of benzene rings is 3. The summed E-state index contributed by atoms with van der Waals surface area (Å²) in [6.07, 6.45) is 0.639. The number of amides is 2. The summed E-state index contributed by atoms with van der Waals surface area (Å²) in [6.45, 7) is 8.96. The number of thioether (sulfide) groups is 1. The van der Waals surface area contributed by atoms with Crippen molar-refractivity contribution in [1.82, 2.24) is 15.5 Å². The Morgan fingerprint density at radius 3 is 2.37 bits per heavy atom. The second kappa shape index (κ2) is 16.6. The van der Waals surface area contributed by atoms with Gasteiger partial charge in [-0.25, -0.2) is 0 Å². The Morgan fingerprint density at radius 1 is 0.939 bits per heavy atom. The Morgan fingerprint density at radius 2 is 1.67 bits per heavy atom. The molecule has 0 aliphatic rings. The minimum Gasteiger partial charge on any atom is -0.508 e. The predicted molar refractivity (Wildman–Crippen MR) is 187 cm³/mol. The first-order valence-electron chi connectivity index (χ1n) is 15.0. The number of carbonyl (C=O) groups is 3. The van der Waals surface area contributed by atoms with Gasteiger partial charge < -0.3 is 40.2 Å².